The Labute approximate surface area is 179 Å². The molecule has 0 spiro atoms. The molecular weight excluding hydrogens is 411 g/mol. The van der Waals surface area contributed by atoms with Gasteiger partial charge in [0.15, 0.2) is 0 Å². The molecule has 2 aliphatic heterocycles. The number of imide groups is 1. The molecule has 1 saturated heterocycles. The first-order chi connectivity index (χ1) is 14.0. The highest BCUT2D eigenvalue weighted by molar-refractivity contribution is 6.47. The number of methoxy groups -OCH3 is 1. The van der Waals surface area contributed by atoms with E-state index in [4.69, 9.17) is 27.9 Å². The molecule has 2 amide bonds. The molecule has 0 unspecified atom stereocenters. The Morgan fingerprint density at radius 2 is 1.66 bits per heavy atom. The number of ether oxygens (including phenoxy) is 1. The first-order valence-electron chi connectivity index (χ1n) is 9.49. The highest BCUT2D eigenvalue weighted by atomic mass is 35.5. The molecule has 7 heteroatoms. The van der Waals surface area contributed by atoms with Gasteiger partial charge in [0.1, 0.15) is 11.4 Å². The van der Waals surface area contributed by atoms with Crippen LogP contribution in [-0.2, 0) is 9.59 Å². The van der Waals surface area contributed by atoms with Crippen molar-refractivity contribution in [3.05, 3.63) is 63.8 Å². The molecule has 29 heavy (non-hydrogen) atoms. The van der Waals surface area contributed by atoms with Crippen LogP contribution in [0.3, 0.4) is 0 Å². The van der Waals surface area contributed by atoms with E-state index in [0.29, 0.717) is 38.3 Å². The smallest absolute Gasteiger partial charge is 0.282 e. The minimum Gasteiger partial charge on any atom is -0.495 e. The second-order valence-corrected chi connectivity index (χ2v) is 7.86. The predicted octanol–water partition coefficient (Wildman–Crippen LogP) is 4.77. The predicted molar refractivity (Wildman–Crippen MR) is 114 cm³/mol. The molecule has 0 N–H and O–H groups in total. The summed E-state index contributed by atoms with van der Waals surface area (Å²) in [6, 6.07) is 11.9. The van der Waals surface area contributed by atoms with Crippen LogP contribution < -0.4 is 9.64 Å². The quantitative estimate of drug-likeness (QED) is 0.655. The summed E-state index contributed by atoms with van der Waals surface area (Å²) in [7, 11) is 1.51. The van der Waals surface area contributed by atoms with Crippen LogP contribution in [0.15, 0.2) is 48.2 Å². The molecule has 0 aliphatic carbocycles. The summed E-state index contributed by atoms with van der Waals surface area (Å²) in [4.78, 5) is 30.3. The Kier molecular flexibility index (Phi) is 5.52. The Bertz CT molecular complexity index is 1010. The van der Waals surface area contributed by atoms with E-state index in [2.05, 4.69) is 0 Å². The minimum absolute atomic E-state index is 0.310. The van der Waals surface area contributed by atoms with Crippen molar-refractivity contribution in [3.63, 3.8) is 0 Å². The van der Waals surface area contributed by atoms with Crippen LogP contribution in [0.5, 0.6) is 5.75 Å². The van der Waals surface area contributed by atoms with Gasteiger partial charge in [0.25, 0.3) is 11.8 Å². The molecular formula is C22H20Cl2N2O3. The molecule has 150 valence electrons. The lowest BCUT2D eigenvalue weighted by molar-refractivity contribution is -0.120. The van der Waals surface area contributed by atoms with Crippen LogP contribution in [0.25, 0.3) is 5.57 Å². The molecule has 2 heterocycles. The van der Waals surface area contributed by atoms with E-state index >= 15 is 0 Å². The van der Waals surface area contributed by atoms with E-state index in [1.807, 2.05) is 4.90 Å². The number of benzene rings is 2. The Morgan fingerprint density at radius 1 is 0.931 bits per heavy atom. The van der Waals surface area contributed by atoms with Gasteiger partial charge < -0.3 is 9.64 Å². The molecule has 2 aromatic carbocycles. The SMILES string of the molecule is COc1ccccc1N1C(=O)C(c2ccc(Cl)cc2Cl)=C(N2CCCCC2)C1=O. The van der Waals surface area contributed by atoms with Crippen molar-refractivity contribution in [2.45, 2.75) is 19.3 Å². The van der Waals surface area contributed by atoms with Gasteiger partial charge in [-0.15, -0.1) is 0 Å². The van der Waals surface area contributed by atoms with Crippen LogP contribution in [0.2, 0.25) is 10.0 Å². The first kappa shape index (κ1) is 19.8. The van der Waals surface area contributed by atoms with E-state index in [1.54, 1.807) is 42.5 Å². The lowest BCUT2D eigenvalue weighted by Gasteiger charge is -2.29. The lowest BCUT2D eigenvalue weighted by Crippen LogP contribution is -2.37. The fourth-order valence-electron chi connectivity index (χ4n) is 3.90. The number of para-hydroxylation sites is 2. The van der Waals surface area contributed by atoms with Gasteiger partial charge in [0.2, 0.25) is 0 Å². The standard InChI is InChI=1S/C22H20Cl2N2O3/c1-29-18-8-4-3-7-17(18)26-21(27)19(15-10-9-14(23)13-16(15)24)20(22(26)28)25-11-5-2-6-12-25/h3-4,7-10,13H,2,5-6,11-12H2,1H3. The third-order valence-corrected chi connectivity index (χ3v) is 5.81. The number of anilines is 1. The monoisotopic (exact) mass is 430 g/mol. The van der Waals surface area contributed by atoms with Crippen molar-refractivity contribution in [2.24, 2.45) is 0 Å². The molecule has 0 atom stereocenters. The van der Waals surface area contributed by atoms with E-state index < -0.39 is 5.91 Å². The molecule has 5 nitrogen and oxygen atoms in total. The van der Waals surface area contributed by atoms with Crippen LogP contribution >= 0.6 is 23.2 Å². The van der Waals surface area contributed by atoms with Gasteiger partial charge in [0.05, 0.1) is 23.4 Å². The number of amides is 2. The minimum atomic E-state index is -0.413. The number of likely N-dealkylation sites (tertiary alicyclic amines) is 1. The van der Waals surface area contributed by atoms with Crippen molar-refractivity contribution in [3.8, 4) is 5.75 Å². The summed E-state index contributed by atoms with van der Waals surface area (Å²) < 4.78 is 5.39. The maximum absolute atomic E-state index is 13.5. The number of halogens is 2. The molecule has 1 fully saturated rings. The Balaban J connectivity index is 1.88. The summed E-state index contributed by atoms with van der Waals surface area (Å²) in [5.41, 5.74) is 1.63. The zero-order valence-corrected chi connectivity index (χ0v) is 17.5. The third kappa shape index (κ3) is 3.49. The normalized spacial score (nSPS) is 17.3. The zero-order chi connectivity index (χ0) is 20.5. The van der Waals surface area contributed by atoms with Gasteiger partial charge in [-0.25, -0.2) is 4.90 Å². The average Bonchev–Trinajstić information content (AvgIpc) is 2.98. The van der Waals surface area contributed by atoms with E-state index in [1.165, 1.54) is 12.0 Å². The van der Waals surface area contributed by atoms with Crippen molar-refractivity contribution in [1.82, 2.24) is 4.90 Å². The van der Waals surface area contributed by atoms with E-state index in [9.17, 15) is 9.59 Å². The number of carbonyl (C=O) groups excluding carboxylic acids is 2. The Morgan fingerprint density at radius 3 is 2.34 bits per heavy atom. The lowest BCUT2D eigenvalue weighted by atomic mass is 10.0. The summed E-state index contributed by atoms with van der Waals surface area (Å²) in [6.07, 6.45) is 3.06. The molecule has 0 bridgehead atoms. The summed E-state index contributed by atoms with van der Waals surface area (Å²) in [5.74, 6) is -0.317. The highest BCUT2D eigenvalue weighted by Crippen LogP contribution is 2.41. The molecule has 2 aromatic rings. The molecule has 4 rings (SSSR count). The number of hydrogen-bond donors (Lipinski definition) is 0. The molecule has 2 aliphatic rings. The van der Waals surface area contributed by atoms with E-state index in [-0.39, 0.29) is 5.91 Å². The van der Waals surface area contributed by atoms with E-state index in [0.717, 1.165) is 32.4 Å². The summed E-state index contributed by atoms with van der Waals surface area (Å²) in [5, 5.41) is 0.808. The fraction of sp³-hybridized carbons (Fsp3) is 0.273. The molecule has 0 aromatic heterocycles. The summed E-state index contributed by atoms with van der Waals surface area (Å²) in [6.45, 7) is 1.45. The second-order valence-electron chi connectivity index (χ2n) is 7.01. The summed E-state index contributed by atoms with van der Waals surface area (Å²) >= 11 is 12.5. The van der Waals surface area contributed by atoms with Crippen LogP contribution in [0, 0.1) is 0 Å². The van der Waals surface area contributed by atoms with Gasteiger partial charge >= 0.3 is 0 Å². The number of hydrogen-bond acceptors (Lipinski definition) is 4. The van der Waals surface area contributed by atoms with Crippen LogP contribution in [0.4, 0.5) is 5.69 Å². The number of carbonyl (C=O) groups is 2. The van der Waals surface area contributed by atoms with Crippen molar-refractivity contribution in [1.29, 1.82) is 0 Å². The number of piperidine rings is 1. The molecule has 0 radical (unpaired) electrons. The highest BCUT2D eigenvalue weighted by Gasteiger charge is 2.44. The molecule has 0 saturated carbocycles. The zero-order valence-electron chi connectivity index (χ0n) is 16.0. The van der Waals surface area contributed by atoms with Gasteiger partial charge in [-0.2, -0.15) is 0 Å². The first-order valence-corrected chi connectivity index (χ1v) is 10.2. The van der Waals surface area contributed by atoms with Gasteiger partial charge in [0, 0.05) is 23.7 Å². The van der Waals surface area contributed by atoms with Gasteiger partial charge in [-0.1, -0.05) is 41.4 Å². The fourth-order valence-corrected chi connectivity index (χ4v) is 4.40. The third-order valence-electron chi connectivity index (χ3n) is 5.26. The van der Waals surface area contributed by atoms with Crippen molar-refractivity contribution in [2.75, 3.05) is 25.1 Å². The van der Waals surface area contributed by atoms with Gasteiger partial charge in [-0.05, 0) is 43.5 Å². The van der Waals surface area contributed by atoms with Crippen molar-refractivity contribution >= 4 is 46.3 Å². The Hall–Kier alpha value is -2.50. The average molecular weight is 431 g/mol. The topological polar surface area (TPSA) is 49.9 Å². The van der Waals surface area contributed by atoms with Crippen LogP contribution in [-0.4, -0.2) is 36.9 Å². The maximum Gasteiger partial charge on any atom is 0.282 e. The second kappa shape index (κ2) is 8.09. The van der Waals surface area contributed by atoms with Crippen LogP contribution in [0.1, 0.15) is 24.8 Å². The van der Waals surface area contributed by atoms with Crippen molar-refractivity contribution < 1.29 is 14.3 Å². The maximum atomic E-state index is 13.5. The number of rotatable bonds is 4. The number of nitrogens with zero attached hydrogens (tertiary/aromatic N) is 2. The largest absolute Gasteiger partial charge is 0.495 e. The van der Waals surface area contributed by atoms with Gasteiger partial charge in [-0.3, -0.25) is 9.59 Å².